The minimum absolute atomic E-state index is 0.373. The highest BCUT2D eigenvalue weighted by Gasteiger charge is 2.43. The zero-order chi connectivity index (χ0) is 13.4. The number of urea groups is 1. The molecule has 1 aromatic rings. The molecule has 0 saturated carbocycles. The summed E-state index contributed by atoms with van der Waals surface area (Å²) in [5, 5.41) is 0. The Morgan fingerprint density at radius 2 is 1.83 bits per heavy atom. The maximum Gasteiger partial charge on any atom is 0.334 e. The lowest BCUT2D eigenvalue weighted by Crippen LogP contribution is -2.36. The van der Waals surface area contributed by atoms with E-state index in [1.807, 2.05) is 0 Å². The molecule has 1 aromatic heterocycles. The van der Waals surface area contributed by atoms with Gasteiger partial charge < -0.3 is 4.57 Å². The van der Waals surface area contributed by atoms with Gasteiger partial charge in [-0.15, -0.1) is 0 Å². The second-order valence-corrected chi connectivity index (χ2v) is 3.97. The van der Waals surface area contributed by atoms with Gasteiger partial charge in [0.15, 0.2) is 5.78 Å². The van der Waals surface area contributed by atoms with Crippen molar-refractivity contribution in [2.45, 2.75) is 0 Å². The number of aromatic nitrogens is 1. The van der Waals surface area contributed by atoms with Gasteiger partial charge in [-0.05, 0) is 12.1 Å². The molecule has 2 heterocycles. The summed E-state index contributed by atoms with van der Waals surface area (Å²) in [6.45, 7) is -0.425. The molecule has 94 valence electrons. The molecule has 0 unspecified atom stereocenters. The minimum atomic E-state index is -0.968. The number of nitrogens with zero attached hydrogens (tertiary/aromatic N) is 3. The molecular formula is C11H11N3O4. The molecule has 7 heteroatoms. The second kappa shape index (κ2) is 4.10. The second-order valence-electron chi connectivity index (χ2n) is 3.97. The average Bonchev–Trinajstić information content (AvgIpc) is 2.84. The lowest BCUT2D eigenvalue weighted by Gasteiger charge is -2.11. The molecule has 2 rings (SSSR count). The van der Waals surface area contributed by atoms with Crippen molar-refractivity contribution in [2.24, 2.45) is 7.05 Å². The van der Waals surface area contributed by atoms with Crippen molar-refractivity contribution in [3.8, 4) is 0 Å². The van der Waals surface area contributed by atoms with E-state index in [4.69, 9.17) is 0 Å². The summed E-state index contributed by atoms with van der Waals surface area (Å²) in [4.78, 5) is 47.5. The van der Waals surface area contributed by atoms with Crippen LogP contribution in [0.5, 0.6) is 0 Å². The first-order valence-corrected chi connectivity index (χ1v) is 5.21. The van der Waals surface area contributed by atoms with Crippen molar-refractivity contribution in [1.29, 1.82) is 0 Å². The molecule has 1 aliphatic rings. The lowest BCUT2D eigenvalue weighted by molar-refractivity contribution is -0.142. The molecule has 0 aromatic carbocycles. The minimum Gasteiger partial charge on any atom is -0.348 e. The van der Waals surface area contributed by atoms with Gasteiger partial charge in [0.25, 0.3) is 0 Å². The van der Waals surface area contributed by atoms with Crippen molar-refractivity contribution < 1.29 is 19.2 Å². The molecule has 0 spiro atoms. The van der Waals surface area contributed by atoms with Crippen LogP contribution in [0.1, 0.15) is 10.5 Å². The zero-order valence-electron chi connectivity index (χ0n) is 9.91. The fourth-order valence-electron chi connectivity index (χ4n) is 1.73. The SMILES string of the molecule is CN1C(=O)C(=O)N(CC(=O)c2cccn2C)C1=O. The molecule has 1 aliphatic heterocycles. The molecule has 18 heavy (non-hydrogen) atoms. The van der Waals surface area contributed by atoms with Gasteiger partial charge in [-0.1, -0.05) is 0 Å². The third-order valence-electron chi connectivity index (χ3n) is 2.78. The Labute approximate surface area is 103 Å². The number of ketones is 1. The fraction of sp³-hybridized carbons (Fsp3) is 0.273. The topological polar surface area (TPSA) is 79.7 Å². The highest BCUT2D eigenvalue weighted by molar-refractivity contribution is 6.45. The maximum atomic E-state index is 11.9. The highest BCUT2D eigenvalue weighted by atomic mass is 16.2. The maximum absolute atomic E-state index is 11.9. The Morgan fingerprint density at radius 3 is 2.28 bits per heavy atom. The Hall–Kier alpha value is -2.44. The van der Waals surface area contributed by atoms with E-state index >= 15 is 0 Å². The van der Waals surface area contributed by atoms with Crippen LogP contribution in [0.2, 0.25) is 0 Å². The molecule has 0 radical (unpaired) electrons. The Bertz CT molecular complexity index is 560. The smallest absolute Gasteiger partial charge is 0.334 e. The molecule has 0 N–H and O–H groups in total. The predicted octanol–water partition coefficient (Wildman–Crippen LogP) is -0.372. The molecule has 4 amide bonds. The standard InChI is InChI=1S/C11H11N3O4/c1-12-5-3-4-7(12)8(15)6-14-10(17)9(16)13(2)11(14)18/h3-5H,6H2,1-2H3. The summed E-state index contributed by atoms with van der Waals surface area (Å²) in [5.41, 5.74) is 0.373. The first kappa shape index (κ1) is 12.0. The van der Waals surface area contributed by atoms with Gasteiger partial charge in [-0.2, -0.15) is 0 Å². The number of imide groups is 2. The number of hydrogen-bond donors (Lipinski definition) is 0. The Kier molecular flexibility index (Phi) is 2.74. The summed E-state index contributed by atoms with van der Waals surface area (Å²) in [6.07, 6.45) is 1.68. The number of carbonyl (C=O) groups excluding carboxylic acids is 4. The van der Waals surface area contributed by atoms with Crippen molar-refractivity contribution >= 4 is 23.6 Å². The molecular weight excluding hydrogens is 238 g/mol. The summed E-state index contributed by atoms with van der Waals surface area (Å²) in [5.74, 6) is -2.28. The van der Waals surface area contributed by atoms with Crippen molar-refractivity contribution in [3.63, 3.8) is 0 Å². The van der Waals surface area contributed by atoms with Crippen molar-refractivity contribution in [1.82, 2.24) is 14.4 Å². The van der Waals surface area contributed by atoms with Crippen LogP contribution in [0.25, 0.3) is 0 Å². The molecule has 0 atom stereocenters. The largest absolute Gasteiger partial charge is 0.348 e. The number of amides is 4. The van der Waals surface area contributed by atoms with Crippen LogP contribution in [0, 0.1) is 0 Å². The van der Waals surface area contributed by atoms with Crippen LogP contribution in [-0.4, -0.2) is 51.6 Å². The van der Waals surface area contributed by atoms with E-state index in [1.54, 1.807) is 29.9 Å². The van der Waals surface area contributed by atoms with Gasteiger partial charge in [-0.3, -0.25) is 19.3 Å². The third-order valence-corrected chi connectivity index (χ3v) is 2.78. The van der Waals surface area contributed by atoms with E-state index in [0.717, 1.165) is 0 Å². The van der Waals surface area contributed by atoms with Crippen molar-refractivity contribution in [2.75, 3.05) is 13.6 Å². The monoisotopic (exact) mass is 249 g/mol. The van der Waals surface area contributed by atoms with Crippen LogP contribution in [-0.2, 0) is 16.6 Å². The zero-order valence-corrected chi connectivity index (χ0v) is 9.91. The molecule has 0 bridgehead atoms. The normalized spacial score (nSPS) is 15.8. The fourth-order valence-corrected chi connectivity index (χ4v) is 1.73. The molecule has 1 saturated heterocycles. The van der Waals surface area contributed by atoms with Gasteiger partial charge in [0, 0.05) is 20.3 Å². The van der Waals surface area contributed by atoms with Crippen molar-refractivity contribution in [3.05, 3.63) is 24.0 Å². The van der Waals surface area contributed by atoms with E-state index in [1.165, 1.54) is 7.05 Å². The number of aryl methyl sites for hydroxylation is 1. The van der Waals surface area contributed by atoms with Crippen LogP contribution >= 0.6 is 0 Å². The molecule has 0 aliphatic carbocycles. The van der Waals surface area contributed by atoms with Gasteiger partial charge in [-0.25, -0.2) is 9.69 Å². The van der Waals surface area contributed by atoms with Crippen LogP contribution < -0.4 is 0 Å². The van der Waals surface area contributed by atoms with Crippen LogP contribution in [0.3, 0.4) is 0 Å². The first-order valence-electron chi connectivity index (χ1n) is 5.21. The van der Waals surface area contributed by atoms with Gasteiger partial charge >= 0.3 is 17.8 Å². The van der Waals surface area contributed by atoms with E-state index in [9.17, 15) is 19.2 Å². The quantitative estimate of drug-likeness (QED) is 0.416. The number of carbonyl (C=O) groups is 4. The number of likely N-dealkylation sites (N-methyl/N-ethyl adjacent to an activating group) is 1. The van der Waals surface area contributed by atoms with Crippen LogP contribution in [0.4, 0.5) is 4.79 Å². The first-order chi connectivity index (χ1) is 8.43. The summed E-state index contributed by atoms with van der Waals surface area (Å²) in [6, 6.07) is 2.49. The van der Waals surface area contributed by atoms with Gasteiger partial charge in [0.05, 0.1) is 12.2 Å². The van der Waals surface area contributed by atoms with E-state index in [2.05, 4.69) is 0 Å². The number of Topliss-reactive ketones (excluding diaryl/α,β-unsaturated/α-hetero) is 1. The van der Waals surface area contributed by atoms with Crippen LogP contribution in [0.15, 0.2) is 18.3 Å². The number of hydrogen-bond acceptors (Lipinski definition) is 4. The summed E-state index contributed by atoms with van der Waals surface area (Å²) >= 11 is 0. The summed E-state index contributed by atoms with van der Waals surface area (Å²) < 4.78 is 1.58. The van der Waals surface area contributed by atoms with Gasteiger partial charge in [0.2, 0.25) is 0 Å². The summed E-state index contributed by atoms with van der Waals surface area (Å²) in [7, 11) is 2.88. The predicted molar refractivity (Wildman–Crippen MR) is 59.6 cm³/mol. The van der Waals surface area contributed by atoms with E-state index in [0.29, 0.717) is 15.5 Å². The highest BCUT2D eigenvalue weighted by Crippen LogP contribution is 2.11. The molecule has 7 nitrogen and oxygen atoms in total. The average molecular weight is 249 g/mol. The Morgan fingerprint density at radius 1 is 1.17 bits per heavy atom. The lowest BCUT2D eigenvalue weighted by atomic mass is 10.2. The van der Waals surface area contributed by atoms with E-state index in [-0.39, 0.29) is 0 Å². The number of rotatable bonds is 3. The molecule has 1 fully saturated rings. The third kappa shape index (κ3) is 1.69. The van der Waals surface area contributed by atoms with Gasteiger partial charge in [0.1, 0.15) is 0 Å². The Balaban J connectivity index is 2.18. The van der Waals surface area contributed by atoms with E-state index < -0.39 is 30.2 Å².